The topological polar surface area (TPSA) is 61.0 Å². The zero-order chi connectivity index (χ0) is 13.7. The van der Waals surface area contributed by atoms with E-state index < -0.39 is 10.7 Å². The number of hydrogen-bond acceptors (Lipinski definition) is 3. The van der Waals surface area contributed by atoms with Crippen LogP contribution in [-0.2, 0) is 0 Å². The van der Waals surface area contributed by atoms with Crippen molar-refractivity contribution in [1.29, 1.82) is 0 Å². The summed E-state index contributed by atoms with van der Waals surface area (Å²) in [5.74, 6) is -0.669. The third-order valence-electron chi connectivity index (χ3n) is 2.10. The van der Waals surface area contributed by atoms with Crippen LogP contribution in [0.5, 0.6) is 0 Å². The quantitative estimate of drug-likeness (QED) is 0.608. The molecule has 0 saturated carbocycles. The normalized spacial score (nSPS) is 9.56. The van der Waals surface area contributed by atoms with Gasteiger partial charge in [0.2, 0.25) is 0 Å². The van der Waals surface area contributed by atoms with Gasteiger partial charge in [0.15, 0.2) is 5.82 Å². The van der Waals surface area contributed by atoms with E-state index in [1.807, 2.05) is 20.8 Å². The number of nitro benzene ring substituents is 1. The highest BCUT2D eigenvalue weighted by Crippen LogP contribution is 2.19. The molecule has 96 valence electrons. The first-order valence-corrected chi connectivity index (χ1v) is 5.53. The molecule has 6 heteroatoms. The van der Waals surface area contributed by atoms with Crippen LogP contribution in [0.4, 0.5) is 10.1 Å². The third-order valence-corrected chi connectivity index (χ3v) is 2.10. The minimum atomic E-state index is -0.669. The van der Waals surface area contributed by atoms with Gasteiger partial charge in [-0.3, -0.25) is 10.1 Å². The van der Waals surface area contributed by atoms with E-state index in [1.165, 1.54) is 16.8 Å². The molecule has 0 amide bonds. The average molecular weight is 251 g/mol. The Morgan fingerprint density at radius 1 is 1.39 bits per heavy atom. The molecule has 1 heterocycles. The first-order chi connectivity index (χ1) is 8.58. The van der Waals surface area contributed by atoms with Gasteiger partial charge in [0.05, 0.1) is 17.2 Å². The maximum atomic E-state index is 13.5. The number of nitrogens with zero attached hydrogens (tertiary/aromatic N) is 3. The van der Waals surface area contributed by atoms with E-state index in [4.69, 9.17) is 0 Å². The number of nitro groups is 1. The smallest absolute Gasteiger partial charge is 0.258 e. The molecule has 1 aromatic carbocycles. The lowest BCUT2D eigenvalue weighted by molar-refractivity contribution is -0.385. The summed E-state index contributed by atoms with van der Waals surface area (Å²) in [7, 11) is 0. The van der Waals surface area contributed by atoms with E-state index >= 15 is 0 Å². The minimum absolute atomic E-state index is 0.193. The van der Waals surface area contributed by atoms with Crippen molar-refractivity contribution in [2.45, 2.75) is 20.8 Å². The number of hydrogen-bond donors (Lipinski definition) is 0. The van der Waals surface area contributed by atoms with Crippen LogP contribution >= 0.6 is 0 Å². The summed E-state index contributed by atoms with van der Waals surface area (Å²) in [5.41, 5.74) is 0.807. The summed E-state index contributed by atoms with van der Waals surface area (Å²) >= 11 is 0. The highest BCUT2D eigenvalue weighted by atomic mass is 19.1. The van der Waals surface area contributed by atoms with Gasteiger partial charge in [-0.2, -0.15) is 5.10 Å². The fourth-order valence-corrected chi connectivity index (χ4v) is 1.34. The molecule has 0 aliphatic carbocycles. The Labute approximate surface area is 104 Å². The molecule has 18 heavy (non-hydrogen) atoms. The molecule has 0 unspecified atom stereocenters. The number of aromatic nitrogens is 2. The van der Waals surface area contributed by atoms with Crippen LogP contribution < -0.4 is 0 Å². The predicted octanol–water partition coefficient (Wildman–Crippen LogP) is 3.25. The van der Waals surface area contributed by atoms with E-state index in [9.17, 15) is 14.5 Å². The molecule has 0 saturated heterocycles. The van der Waals surface area contributed by atoms with Gasteiger partial charge in [0, 0.05) is 12.3 Å². The van der Waals surface area contributed by atoms with E-state index in [0.717, 1.165) is 11.6 Å². The van der Waals surface area contributed by atoms with E-state index in [2.05, 4.69) is 5.10 Å². The van der Waals surface area contributed by atoms with Crippen LogP contribution in [0.3, 0.4) is 0 Å². The van der Waals surface area contributed by atoms with Crippen molar-refractivity contribution in [3.8, 4) is 5.69 Å². The minimum Gasteiger partial charge on any atom is -0.258 e. The first-order valence-electron chi connectivity index (χ1n) is 5.53. The van der Waals surface area contributed by atoms with E-state index in [-0.39, 0.29) is 11.4 Å². The molecule has 1 aromatic heterocycles. The molecule has 0 atom stereocenters. The van der Waals surface area contributed by atoms with Gasteiger partial charge in [0.25, 0.3) is 5.69 Å². The third kappa shape index (κ3) is 2.91. The van der Waals surface area contributed by atoms with E-state index in [0.29, 0.717) is 0 Å². The lowest BCUT2D eigenvalue weighted by atomic mass is 10.2. The molecule has 0 aliphatic heterocycles. The second kappa shape index (κ2) is 5.90. The lowest BCUT2D eigenvalue weighted by Gasteiger charge is -2.02. The highest BCUT2D eigenvalue weighted by molar-refractivity contribution is 5.42. The Bertz CT molecular complexity index is 552. The summed E-state index contributed by atoms with van der Waals surface area (Å²) in [6.45, 7) is 5.83. The summed E-state index contributed by atoms with van der Waals surface area (Å²) in [4.78, 5) is 9.78. The fraction of sp³-hybridized carbons (Fsp3) is 0.250. The maximum absolute atomic E-state index is 13.5. The van der Waals surface area contributed by atoms with Crippen LogP contribution in [0.2, 0.25) is 0 Å². The number of halogens is 1. The van der Waals surface area contributed by atoms with Crippen molar-refractivity contribution < 1.29 is 9.31 Å². The van der Waals surface area contributed by atoms with Crippen LogP contribution in [0.25, 0.3) is 5.69 Å². The molecule has 0 N–H and O–H groups in total. The van der Waals surface area contributed by atoms with Crippen molar-refractivity contribution in [3.63, 3.8) is 0 Å². The van der Waals surface area contributed by atoms with Crippen LogP contribution in [-0.4, -0.2) is 14.7 Å². The van der Waals surface area contributed by atoms with Crippen molar-refractivity contribution >= 4 is 5.69 Å². The van der Waals surface area contributed by atoms with Crippen molar-refractivity contribution in [1.82, 2.24) is 9.78 Å². The average Bonchev–Trinajstić information content (AvgIpc) is 2.78. The Hall–Kier alpha value is -2.24. The van der Waals surface area contributed by atoms with Gasteiger partial charge in [-0.1, -0.05) is 13.8 Å². The second-order valence-electron chi connectivity index (χ2n) is 3.36. The summed E-state index contributed by atoms with van der Waals surface area (Å²) < 4.78 is 14.9. The van der Waals surface area contributed by atoms with Crippen molar-refractivity contribution in [2.24, 2.45) is 0 Å². The van der Waals surface area contributed by atoms with Crippen LogP contribution in [0, 0.1) is 22.9 Å². The molecule has 0 fully saturated rings. The second-order valence-corrected chi connectivity index (χ2v) is 3.36. The fourth-order valence-electron chi connectivity index (χ4n) is 1.34. The first kappa shape index (κ1) is 13.8. The summed E-state index contributed by atoms with van der Waals surface area (Å²) in [5, 5.41) is 14.3. The zero-order valence-electron chi connectivity index (χ0n) is 10.4. The number of non-ortho nitro benzene ring substituents is 1. The largest absolute Gasteiger partial charge is 0.272 e. The monoisotopic (exact) mass is 251 g/mol. The summed E-state index contributed by atoms with van der Waals surface area (Å²) in [6.07, 6.45) is 3.23. The Morgan fingerprint density at radius 3 is 2.50 bits per heavy atom. The molecule has 0 bridgehead atoms. The Morgan fingerprint density at radius 2 is 2.06 bits per heavy atom. The van der Waals surface area contributed by atoms with Gasteiger partial charge in [-0.05, 0) is 18.6 Å². The molecule has 2 aromatic rings. The Kier molecular flexibility index (Phi) is 4.53. The zero-order valence-corrected chi connectivity index (χ0v) is 10.4. The van der Waals surface area contributed by atoms with Gasteiger partial charge < -0.3 is 0 Å². The van der Waals surface area contributed by atoms with Crippen molar-refractivity contribution in [3.05, 3.63) is 52.1 Å². The standard InChI is InChI=1S/C10H8FN3O2.C2H6/c1-7-5-12-13(6-7)10-3-2-8(14(15)16)4-9(10)11;1-2/h2-6H,1H3;1-2H3. The van der Waals surface area contributed by atoms with Crippen LogP contribution in [0.15, 0.2) is 30.6 Å². The molecule has 2 rings (SSSR count). The number of rotatable bonds is 2. The number of aryl methyl sites for hydroxylation is 1. The highest BCUT2D eigenvalue weighted by Gasteiger charge is 2.12. The SMILES string of the molecule is CC.Cc1cnn(-c2ccc([N+](=O)[O-])cc2F)c1. The lowest BCUT2D eigenvalue weighted by Crippen LogP contribution is -1.99. The molecule has 0 spiro atoms. The maximum Gasteiger partial charge on any atom is 0.272 e. The summed E-state index contributed by atoms with van der Waals surface area (Å²) in [6, 6.07) is 3.46. The van der Waals surface area contributed by atoms with Gasteiger partial charge in [-0.25, -0.2) is 9.07 Å². The molecular weight excluding hydrogens is 237 g/mol. The molecule has 0 aliphatic rings. The van der Waals surface area contributed by atoms with Crippen LogP contribution in [0.1, 0.15) is 19.4 Å². The van der Waals surface area contributed by atoms with Crippen molar-refractivity contribution in [2.75, 3.05) is 0 Å². The Balaban J connectivity index is 0.000000771. The van der Waals surface area contributed by atoms with Gasteiger partial charge >= 0.3 is 0 Å². The van der Waals surface area contributed by atoms with Gasteiger partial charge in [0.1, 0.15) is 5.69 Å². The molecule has 0 radical (unpaired) electrons. The molecule has 5 nitrogen and oxygen atoms in total. The van der Waals surface area contributed by atoms with Gasteiger partial charge in [-0.15, -0.1) is 0 Å². The van der Waals surface area contributed by atoms with E-state index in [1.54, 1.807) is 12.4 Å². The predicted molar refractivity (Wildman–Crippen MR) is 66.3 cm³/mol. The number of benzene rings is 1. The molecular formula is C12H14FN3O2.